The molecule has 0 heterocycles. The molecule has 0 aliphatic heterocycles. The van der Waals surface area contributed by atoms with Crippen LogP contribution in [-0.4, -0.2) is 5.54 Å². The minimum atomic E-state index is -0.305. The second-order valence-corrected chi connectivity index (χ2v) is 5.82. The number of hydrogen-bond acceptors (Lipinski definition) is 1. The molecule has 2 N–H and O–H groups in total. The summed E-state index contributed by atoms with van der Waals surface area (Å²) in [5.41, 5.74) is 6.37. The first-order valence-electron chi connectivity index (χ1n) is 5.11. The van der Waals surface area contributed by atoms with E-state index in [0.29, 0.717) is 5.56 Å². The molecule has 1 fully saturated rings. The molecular weight excluding hydrogens is 257 g/mol. The van der Waals surface area contributed by atoms with E-state index < -0.39 is 0 Å². The second-order valence-electron chi connectivity index (χ2n) is 4.91. The maximum atomic E-state index is 13.7. The second kappa shape index (κ2) is 3.29. The summed E-state index contributed by atoms with van der Waals surface area (Å²) < 4.78 is 14.6. The molecule has 0 atom stereocenters. The Kier molecular flexibility index (Phi) is 2.43. The molecule has 0 radical (unpaired) electrons. The van der Waals surface area contributed by atoms with Gasteiger partial charge < -0.3 is 5.73 Å². The molecule has 0 bridgehead atoms. The van der Waals surface area contributed by atoms with Gasteiger partial charge in [0.1, 0.15) is 5.82 Å². The summed E-state index contributed by atoms with van der Waals surface area (Å²) >= 11 is 3.37. The highest BCUT2D eigenvalue weighted by molar-refractivity contribution is 9.10. The van der Waals surface area contributed by atoms with Gasteiger partial charge in [-0.3, -0.25) is 0 Å². The summed E-state index contributed by atoms with van der Waals surface area (Å²) in [5, 5.41) is 0. The minimum absolute atomic E-state index is 0.167. The van der Waals surface area contributed by atoms with Crippen molar-refractivity contribution in [3.8, 4) is 0 Å². The van der Waals surface area contributed by atoms with E-state index in [1.54, 1.807) is 6.07 Å². The molecule has 0 aromatic heterocycles. The monoisotopic (exact) mass is 271 g/mol. The SMILES string of the molecule is CC(C)(c1cc(Br)ccc1F)C1(N)CC1. The van der Waals surface area contributed by atoms with Crippen LogP contribution in [-0.2, 0) is 5.41 Å². The average molecular weight is 272 g/mol. The van der Waals surface area contributed by atoms with Gasteiger partial charge in [0.2, 0.25) is 0 Å². The summed E-state index contributed by atoms with van der Waals surface area (Å²) in [5.74, 6) is -0.167. The Morgan fingerprint density at radius 1 is 1.40 bits per heavy atom. The highest BCUT2D eigenvalue weighted by atomic mass is 79.9. The fourth-order valence-corrected chi connectivity index (χ4v) is 2.37. The van der Waals surface area contributed by atoms with Crippen LogP contribution in [0.4, 0.5) is 4.39 Å². The van der Waals surface area contributed by atoms with Crippen LogP contribution in [0.5, 0.6) is 0 Å². The molecule has 0 saturated heterocycles. The van der Waals surface area contributed by atoms with Crippen molar-refractivity contribution in [3.05, 3.63) is 34.1 Å². The third-order valence-electron chi connectivity index (χ3n) is 3.64. The predicted octanol–water partition coefficient (Wildman–Crippen LogP) is 3.36. The lowest BCUT2D eigenvalue weighted by atomic mass is 9.76. The first kappa shape index (κ1) is 11.1. The van der Waals surface area contributed by atoms with Crippen LogP contribution in [0.1, 0.15) is 32.3 Å². The first-order chi connectivity index (χ1) is 6.87. The van der Waals surface area contributed by atoms with Crippen molar-refractivity contribution >= 4 is 15.9 Å². The summed E-state index contributed by atoms with van der Waals surface area (Å²) in [7, 11) is 0. The zero-order valence-corrected chi connectivity index (χ0v) is 10.6. The lowest BCUT2D eigenvalue weighted by Crippen LogP contribution is -2.43. The van der Waals surface area contributed by atoms with Crippen LogP contribution in [0, 0.1) is 5.82 Å². The Morgan fingerprint density at radius 2 is 2.00 bits per heavy atom. The van der Waals surface area contributed by atoms with Crippen LogP contribution in [0.3, 0.4) is 0 Å². The third kappa shape index (κ3) is 1.72. The van der Waals surface area contributed by atoms with E-state index in [-0.39, 0.29) is 16.8 Å². The van der Waals surface area contributed by atoms with Crippen molar-refractivity contribution in [2.75, 3.05) is 0 Å². The van der Waals surface area contributed by atoms with Crippen LogP contribution in [0.25, 0.3) is 0 Å². The van der Waals surface area contributed by atoms with E-state index in [9.17, 15) is 4.39 Å². The van der Waals surface area contributed by atoms with Crippen LogP contribution in [0.2, 0.25) is 0 Å². The highest BCUT2D eigenvalue weighted by Gasteiger charge is 2.52. The third-order valence-corrected chi connectivity index (χ3v) is 4.13. The molecule has 15 heavy (non-hydrogen) atoms. The van der Waals surface area contributed by atoms with E-state index in [4.69, 9.17) is 5.73 Å². The number of halogens is 2. The summed E-state index contributed by atoms with van der Waals surface area (Å²) in [6.07, 6.45) is 1.96. The van der Waals surface area contributed by atoms with Crippen molar-refractivity contribution in [1.29, 1.82) is 0 Å². The van der Waals surface area contributed by atoms with E-state index in [1.807, 2.05) is 19.9 Å². The van der Waals surface area contributed by atoms with E-state index >= 15 is 0 Å². The van der Waals surface area contributed by atoms with Gasteiger partial charge in [0.15, 0.2) is 0 Å². The molecule has 1 aromatic carbocycles. The van der Waals surface area contributed by atoms with Gasteiger partial charge in [0, 0.05) is 15.4 Å². The molecule has 1 aliphatic carbocycles. The molecular formula is C12H15BrFN. The molecule has 82 valence electrons. The van der Waals surface area contributed by atoms with E-state index in [0.717, 1.165) is 17.3 Å². The molecule has 1 saturated carbocycles. The topological polar surface area (TPSA) is 26.0 Å². The number of rotatable bonds is 2. The zero-order valence-electron chi connectivity index (χ0n) is 8.98. The van der Waals surface area contributed by atoms with Gasteiger partial charge in [0.05, 0.1) is 0 Å². The number of benzene rings is 1. The van der Waals surface area contributed by atoms with Crippen LogP contribution < -0.4 is 5.73 Å². The van der Waals surface area contributed by atoms with Crippen molar-refractivity contribution in [2.24, 2.45) is 5.73 Å². The summed E-state index contributed by atoms with van der Waals surface area (Å²) in [4.78, 5) is 0. The number of nitrogens with two attached hydrogens (primary N) is 1. The molecule has 1 aromatic rings. The quantitative estimate of drug-likeness (QED) is 0.877. The predicted molar refractivity (Wildman–Crippen MR) is 63.3 cm³/mol. The number of hydrogen-bond donors (Lipinski definition) is 1. The molecule has 1 aliphatic rings. The van der Waals surface area contributed by atoms with Gasteiger partial charge in [-0.15, -0.1) is 0 Å². The van der Waals surface area contributed by atoms with Crippen molar-refractivity contribution < 1.29 is 4.39 Å². The smallest absolute Gasteiger partial charge is 0.127 e. The van der Waals surface area contributed by atoms with Gasteiger partial charge in [-0.25, -0.2) is 4.39 Å². The Bertz CT molecular complexity index is 397. The Balaban J connectivity index is 2.48. The molecule has 1 nitrogen and oxygen atoms in total. The lowest BCUT2D eigenvalue weighted by molar-refractivity contribution is 0.374. The van der Waals surface area contributed by atoms with Gasteiger partial charge in [-0.1, -0.05) is 29.8 Å². The van der Waals surface area contributed by atoms with Crippen LogP contribution in [0.15, 0.2) is 22.7 Å². The fraction of sp³-hybridized carbons (Fsp3) is 0.500. The molecule has 0 amide bonds. The van der Waals surface area contributed by atoms with Crippen molar-refractivity contribution in [3.63, 3.8) is 0 Å². The average Bonchev–Trinajstić information content (AvgIpc) is 2.89. The molecule has 3 heteroatoms. The summed E-state index contributed by atoms with van der Waals surface area (Å²) in [6.45, 7) is 4.04. The Morgan fingerprint density at radius 3 is 2.53 bits per heavy atom. The maximum absolute atomic E-state index is 13.7. The van der Waals surface area contributed by atoms with Gasteiger partial charge >= 0.3 is 0 Å². The molecule has 2 rings (SSSR count). The van der Waals surface area contributed by atoms with E-state index in [1.165, 1.54) is 6.07 Å². The Hall–Kier alpha value is -0.410. The lowest BCUT2D eigenvalue weighted by Gasteiger charge is -2.33. The van der Waals surface area contributed by atoms with Crippen molar-refractivity contribution in [1.82, 2.24) is 0 Å². The highest BCUT2D eigenvalue weighted by Crippen LogP contribution is 2.49. The van der Waals surface area contributed by atoms with Gasteiger partial charge in [-0.05, 0) is 36.6 Å². The normalized spacial score (nSPS) is 19.0. The van der Waals surface area contributed by atoms with Crippen LogP contribution >= 0.6 is 15.9 Å². The van der Waals surface area contributed by atoms with Gasteiger partial charge in [-0.2, -0.15) is 0 Å². The largest absolute Gasteiger partial charge is 0.324 e. The fourth-order valence-electron chi connectivity index (χ4n) is 2.00. The summed E-state index contributed by atoms with van der Waals surface area (Å²) in [6, 6.07) is 5.04. The Labute approximate surface area is 98.0 Å². The minimum Gasteiger partial charge on any atom is -0.324 e. The standard InChI is InChI=1S/C12H15BrFN/c1-11(2,12(15)5-6-12)9-7-8(13)3-4-10(9)14/h3-4,7H,5-6,15H2,1-2H3. The maximum Gasteiger partial charge on any atom is 0.127 e. The van der Waals surface area contributed by atoms with E-state index in [2.05, 4.69) is 15.9 Å². The zero-order chi connectivity index (χ0) is 11.3. The van der Waals surface area contributed by atoms with Crippen molar-refractivity contribution in [2.45, 2.75) is 37.6 Å². The molecule has 0 spiro atoms. The first-order valence-corrected chi connectivity index (χ1v) is 5.90. The van der Waals surface area contributed by atoms with Gasteiger partial charge in [0.25, 0.3) is 0 Å². The molecule has 0 unspecified atom stereocenters.